The van der Waals surface area contributed by atoms with Gasteiger partial charge in [-0.1, -0.05) is 32.4 Å². The zero-order valence-electron chi connectivity index (χ0n) is 22.4. The van der Waals surface area contributed by atoms with Gasteiger partial charge in [-0.05, 0) is 45.4 Å². The fourth-order valence-corrected chi connectivity index (χ4v) is 6.60. The molecule has 3 amide bonds. The Balaban J connectivity index is 2.04. The first kappa shape index (κ1) is 28.4. The maximum absolute atomic E-state index is 14.1. The summed E-state index contributed by atoms with van der Waals surface area (Å²) in [6.07, 6.45) is 8.36. The molecule has 8 heteroatoms. The summed E-state index contributed by atoms with van der Waals surface area (Å²) in [6.45, 7) is 16.0. The molecule has 0 aromatic carbocycles. The number of nitrogens with zero attached hydrogens (tertiary/aromatic N) is 3. The lowest BCUT2D eigenvalue weighted by Gasteiger charge is -2.37. The van der Waals surface area contributed by atoms with Crippen LogP contribution in [0.25, 0.3) is 0 Å². The van der Waals surface area contributed by atoms with Crippen molar-refractivity contribution in [2.75, 3.05) is 39.3 Å². The van der Waals surface area contributed by atoms with Gasteiger partial charge in [0.05, 0.1) is 17.4 Å². The molecule has 3 aliphatic heterocycles. The summed E-state index contributed by atoms with van der Waals surface area (Å²) in [6, 6.07) is -0.774. The number of aliphatic hydroxyl groups is 1. The first-order valence-electron chi connectivity index (χ1n) is 13.7. The largest absolute Gasteiger partial charge is 0.396 e. The van der Waals surface area contributed by atoms with Crippen molar-refractivity contribution in [3.05, 3.63) is 25.3 Å². The molecule has 5 atom stereocenters. The lowest BCUT2D eigenvalue weighted by Crippen LogP contribution is -2.56. The molecule has 2 unspecified atom stereocenters. The second kappa shape index (κ2) is 11.9. The van der Waals surface area contributed by atoms with E-state index in [4.69, 9.17) is 4.74 Å². The highest BCUT2D eigenvalue weighted by Gasteiger charge is 2.78. The first-order chi connectivity index (χ1) is 17.3. The van der Waals surface area contributed by atoms with Gasteiger partial charge < -0.3 is 24.5 Å². The molecule has 0 aliphatic carbocycles. The van der Waals surface area contributed by atoms with E-state index >= 15 is 0 Å². The second-order valence-corrected chi connectivity index (χ2v) is 10.7. The number of unbranched alkanes of at least 4 members (excludes halogenated alkanes) is 2. The van der Waals surface area contributed by atoms with Crippen molar-refractivity contribution in [3.63, 3.8) is 0 Å². The number of hydrogen-bond acceptors (Lipinski definition) is 5. The molecule has 3 fully saturated rings. The molecule has 0 aromatic rings. The molecule has 202 valence electrons. The molecule has 0 radical (unpaired) electrons. The van der Waals surface area contributed by atoms with E-state index in [0.29, 0.717) is 58.4 Å². The summed E-state index contributed by atoms with van der Waals surface area (Å²) in [5.41, 5.74) is -1.80. The van der Waals surface area contributed by atoms with Gasteiger partial charge in [0, 0.05) is 39.3 Å². The highest BCUT2D eigenvalue weighted by molar-refractivity contribution is 5.99. The maximum Gasteiger partial charge on any atom is 0.248 e. The zero-order valence-corrected chi connectivity index (χ0v) is 22.4. The Morgan fingerprint density at radius 2 is 1.72 bits per heavy atom. The smallest absolute Gasteiger partial charge is 0.248 e. The molecular weight excluding hydrogens is 458 g/mol. The van der Waals surface area contributed by atoms with Gasteiger partial charge in [-0.15, -0.1) is 13.2 Å². The third-order valence-corrected chi connectivity index (χ3v) is 8.18. The number of carbonyl (C=O) groups is 3. The van der Waals surface area contributed by atoms with Crippen LogP contribution < -0.4 is 0 Å². The van der Waals surface area contributed by atoms with Gasteiger partial charge in [0.15, 0.2) is 0 Å². The van der Waals surface area contributed by atoms with Crippen molar-refractivity contribution >= 4 is 17.7 Å². The van der Waals surface area contributed by atoms with E-state index in [2.05, 4.69) is 20.1 Å². The number of rotatable bonds is 15. The van der Waals surface area contributed by atoms with Crippen LogP contribution in [0.4, 0.5) is 0 Å². The van der Waals surface area contributed by atoms with Gasteiger partial charge >= 0.3 is 0 Å². The molecule has 1 N–H and O–H groups in total. The van der Waals surface area contributed by atoms with Gasteiger partial charge in [0.25, 0.3) is 0 Å². The van der Waals surface area contributed by atoms with Crippen molar-refractivity contribution < 1.29 is 24.2 Å². The minimum Gasteiger partial charge on any atom is -0.396 e. The monoisotopic (exact) mass is 503 g/mol. The average molecular weight is 504 g/mol. The average Bonchev–Trinajstić information content (AvgIpc) is 3.42. The van der Waals surface area contributed by atoms with E-state index in [1.807, 2.05) is 13.8 Å². The number of carbonyl (C=O) groups excluding carboxylic acids is 3. The van der Waals surface area contributed by atoms with E-state index in [9.17, 15) is 19.5 Å². The summed E-state index contributed by atoms with van der Waals surface area (Å²) in [5, 5.41) is 9.34. The quantitative estimate of drug-likeness (QED) is 0.274. The fourth-order valence-electron chi connectivity index (χ4n) is 6.60. The molecule has 8 nitrogen and oxygen atoms in total. The van der Waals surface area contributed by atoms with Gasteiger partial charge in [-0.25, -0.2) is 0 Å². The van der Waals surface area contributed by atoms with Crippen LogP contribution in [-0.2, 0) is 19.1 Å². The molecule has 36 heavy (non-hydrogen) atoms. The highest BCUT2D eigenvalue weighted by atomic mass is 16.5. The van der Waals surface area contributed by atoms with Gasteiger partial charge in [0.1, 0.15) is 11.6 Å². The van der Waals surface area contributed by atoms with Crippen molar-refractivity contribution in [1.82, 2.24) is 14.7 Å². The van der Waals surface area contributed by atoms with Crippen LogP contribution in [-0.4, -0.2) is 94.1 Å². The van der Waals surface area contributed by atoms with Gasteiger partial charge in [-0.3, -0.25) is 14.4 Å². The Morgan fingerprint density at radius 1 is 1.06 bits per heavy atom. The number of fused-ring (bicyclic) bond motifs is 1. The number of likely N-dealkylation sites (tertiary alicyclic amines) is 1. The van der Waals surface area contributed by atoms with Crippen LogP contribution in [0.15, 0.2) is 25.3 Å². The van der Waals surface area contributed by atoms with Crippen molar-refractivity contribution in [3.8, 4) is 0 Å². The highest BCUT2D eigenvalue weighted by Crippen LogP contribution is 2.63. The molecular formula is C28H45N3O5. The number of hydrogen-bond donors (Lipinski definition) is 1. The van der Waals surface area contributed by atoms with E-state index in [0.717, 1.165) is 19.3 Å². The topological polar surface area (TPSA) is 90.4 Å². The Hall–Kier alpha value is -2.19. The van der Waals surface area contributed by atoms with Crippen molar-refractivity contribution in [1.29, 1.82) is 0 Å². The second-order valence-electron chi connectivity index (χ2n) is 10.7. The summed E-state index contributed by atoms with van der Waals surface area (Å²) in [7, 11) is 0. The van der Waals surface area contributed by atoms with E-state index in [-0.39, 0.29) is 24.3 Å². The molecule has 3 rings (SSSR count). The minimum atomic E-state index is -1.01. The van der Waals surface area contributed by atoms with Crippen LogP contribution in [0, 0.1) is 11.8 Å². The fraction of sp³-hybridized carbons (Fsp3) is 0.750. The number of ether oxygens (including phenoxy) is 1. The summed E-state index contributed by atoms with van der Waals surface area (Å²) in [4.78, 5) is 47.3. The third-order valence-electron chi connectivity index (χ3n) is 8.18. The normalized spacial score (nSPS) is 30.4. The number of amides is 3. The molecule has 0 aromatic heterocycles. The summed E-state index contributed by atoms with van der Waals surface area (Å²) in [5.74, 6) is -1.70. The van der Waals surface area contributed by atoms with Crippen molar-refractivity contribution in [2.45, 2.75) is 83.0 Å². The van der Waals surface area contributed by atoms with E-state index in [1.54, 1.807) is 26.9 Å². The summed E-state index contributed by atoms with van der Waals surface area (Å²) < 4.78 is 6.73. The maximum atomic E-state index is 14.1. The van der Waals surface area contributed by atoms with Gasteiger partial charge in [0.2, 0.25) is 17.7 Å². The predicted octanol–water partition coefficient (Wildman–Crippen LogP) is 2.76. The SMILES string of the molecule is C=CCN(CCCC)C(=O)C1N(CCCCO)C(=O)[C@@H]2[C@H](C(=O)N(CC=C)CCC)[C@]3(C)CCC12O3. The van der Waals surface area contributed by atoms with Crippen LogP contribution in [0.5, 0.6) is 0 Å². The molecule has 2 bridgehead atoms. The Labute approximate surface area is 216 Å². The number of aliphatic hydroxyl groups excluding tert-OH is 1. The first-order valence-corrected chi connectivity index (χ1v) is 13.7. The third kappa shape index (κ3) is 4.86. The molecule has 3 saturated heterocycles. The van der Waals surface area contributed by atoms with Crippen LogP contribution in [0.1, 0.15) is 65.7 Å². The summed E-state index contributed by atoms with van der Waals surface area (Å²) >= 11 is 0. The van der Waals surface area contributed by atoms with E-state index < -0.39 is 29.1 Å². The minimum absolute atomic E-state index is 0.0253. The molecule has 0 saturated carbocycles. The zero-order chi connectivity index (χ0) is 26.5. The van der Waals surface area contributed by atoms with Crippen LogP contribution in [0.2, 0.25) is 0 Å². The van der Waals surface area contributed by atoms with Gasteiger partial charge in [-0.2, -0.15) is 0 Å². The lowest BCUT2D eigenvalue weighted by molar-refractivity contribution is -0.153. The molecule has 1 spiro atoms. The standard InChI is InChI=1S/C28H45N3O5/c1-6-10-18-30(17-9-4)26(35)23-28-14-13-27(5,36-28)21(24(33)29(15-7-2)16-8-3)22(28)25(34)31(23)19-11-12-20-32/h7,9,21-23,32H,2,4,6,8,10-20H2,1,3,5H3/t21-,22+,23?,27+,28?/m1/s1. The van der Waals surface area contributed by atoms with Crippen LogP contribution >= 0.6 is 0 Å². The van der Waals surface area contributed by atoms with Crippen molar-refractivity contribution in [2.24, 2.45) is 11.8 Å². The lowest BCUT2D eigenvalue weighted by atomic mass is 9.66. The Morgan fingerprint density at radius 3 is 2.31 bits per heavy atom. The van der Waals surface area contributed by atoms with Crippen LogP contribution in [0.3, 0.4) is 0 Å². The Kier molecular flexibility index (Phi) is 9.39. The predicted molar refractivity (Wildman–Crippen MR) is 139 cm³/mol. The van der Waals surface area contributed by atoms with E-state index in [1.165, 1.54) is 0 Å². The molecule has 3 heterocycles. The molecule has 3 aliphatic rings. The Bertz CT molecular complexity index is 847.